The van der Waals surface area contributed by atoms with Crippen molar-refractivity contribution in [1.82, 2.24) is 0 Å². The Morgan fingerprint density at radius 1 is 0.667 bits per heavy atom. The molecule has 170 valence electrons. The van der Waals surface area contributed by atoms with Gasteiger partial charge in [-0.05, 0) is 44.5 Å². The second kappa shape index (κ2) is 7.09. The maximum absolute atomic E-state index is 13.3. The minimum absolute atomic E-state index is 0.323. The van der Waals surface area contributed by atoms with Gasteiger partial charge < -0.3 is 9.05 Å². The summed E-state index contributed by atoms with van der Waals surface area (Å²) in [6.07, 6.45) is 0. The van der Waals surface area contributed by atoms with Crippen LogP contribution in [-0.4, -0.2) is 4.89 Å². The molecule has 0 saturated heterocycles. The van der Waals surface area contributed by atoms with E-state index in [1.807, 2.05) is 36.4 Å². The third-order valence-corrected chi connectivity index (χ3v) is 7.11. The molecule has 0 radical (unpaired) electrons. The Labute approximate surface area is 194 Å². The van der Waals surface area contributed by atoms with Gasteiger partial charge >= 0.3 is 7.82 Å². The molecule has 1 N–H and O–H groups in total. The zero-order valence-electron chi connectivity index (χ0n) is 19.9. The first kappa shape index (κ1) is 22.0. The minimum atomic E-state index is -4.44. The topological polar surface area (TPSA) is 55.8 Å². The van der Waals surface area contributed by atoms with E-state index in [-0.39, 0.29) is 10.8 Å². The molecule has 5 heteroatoms. The standard InChI is InChI=1S/C28H29O4P/c1-27(2,3)21-15-17-11-7-9-13-19(17)23-24-20-14-10-8-12-18(20)16-22(28(4,5)6)26(24)32-33(29,30)31-25(21)23/h7-16H,1-6H3,(H,29,30). The number of hydrogen-bond donors (Lipinski definition) is 1. The van der Waals surface area contributed by atoms with Crippen LogP contribution < -0.4 is 9.05 Å². The quantitative estimate of drug-likeness (QED) is 0.269. The molecule has 0 saturated carbocycles. The Balaban J connectivity index is 2.10. The molecular weight excluding hydrogens is 431 g/mol. The molecule has 0 aromatic heterocycles. The predicted molar refractivity (Wildman–Crippen MR) is 135 cm³/mol. The first-order valence-corrected chi connectivity index (χ1v) is 12.7. The van der Waals surface area contributed by atoms with Crippen LogP contribution in [0.3, 0.4) is 0 Å². The third kappa shape index (κ3) is 3.62. The zero-order valence-corrected chi connectivity index (χ0v) is 20.8. The van der Waals surface area contributed by atoms with Crippen molar-refractivity contribution in [3.63, 3.8) is 0 Å². The van der Waals surface area contributed by atoms with E-state index in [1.165, 1.54) is 0 Å². The third-order valence-electron chi connectivity index (χ3n) is 6.28. The van der Waals surface area contributed by atoms with Crippen molar-refractivity contribution < 1.29 is 18.5 Å². The van der Waals surface area contributed by atoms with E-state index in [4.69, 9.17) is 9.05 Å². The molecule has 4 nitrogen and oxygen atoms in total. The van der Waals surface area contributed by atoms with E-state index < -0.39 is 7.82 Å². The summed E-state index contributed by atoms with van der Waals surface area (Å²) in [5.74, 6) is 0.837. The highest BCUT2D eigenvalue weighted by atomic mass is 31.2. The van der Waals surface area contributed by atoms with Crippen molar-refractivity contribution in [1.29, 1.82) is 0 Å². The van der Waals surface area contributed by atoms with Gasteiger partial charge in [-0.2, -0.15) is 0 Å². The Kier molecular flexibility index (Phi) is 4.73. The predicted octanol–water partition coefficient (Wildman–Crippen LogP) is 8.13. The van der Waals surface area contributed by atoms with Crippen LogP contribution in [0.2, 0.25) is 0 Å². The van der Waals surface area contributed by atoms with E-state index in [0.29, 0.717) is 11.5 Å². The van der Waals surface area contributed by atoms with Gasteiger partial charge in [-0.15, -0.1) is 0 Å². The summed E-state index contributed by atoms with van der Waals surface area (Å²) in [5.41, 5.74) is 2.70. The molecular formula is C28H29O4P. The van der Waals surface area contributed by atoms with Crippen molar-refractivity contribution in [2.24, 2.45) is 0 Å². The van der Waals surface area contributed by atoms with Gasteiger partial charge in [0.25, 0.3) is 0 Å². The summed E-state index contributed by atoms with van der Waals surface area (Å²) in [5, 5.41) is 4.03. The molecule has 0 bridgehead atoms. The number of phosphoric ester groups is 1. The fourth-order valence-corrected chi connectivity index (χ4v) is 5.58. The van der Waals surface area contributed by atoms with Crippen LogP contribution in [0.5, 0.6) is 11.5 Å². The molecule has 0 unspecified atom stereocenters. The first-order valence-electron chi connectivity index (χ1n) is 11.2. The Bertz CT molecular complexity index is 1360. The number of phosphoric acid groups is 1. The van der Waals surface area contributed by atoms with Crippen molar-refractivity contribution in [3.8, 4) is 22.6 Å². The van der Waals surface area contributed by atoms with Gasteiger partial charge in [0.2, 0.25) is 0 Å². The summed E-state index contributed by atoms with van der Waals surface area (Å²) in [7, 11) is -4.44. The van der Waals surface area contributed by atoms with Crippen LogP contribution in [0, 0.1) is 0 Å². The maximum atomic E-state index is 13.3. The average Bonchev–Trinajstić information content (AvgIpc) is 2.84. The van der Waals surface area contributed by atoms with Gasteiger partial charge in [0.15, 0.2) is 0 Å². The molecule has 5 rings (SSSR count). The number of rotatable bonds is 0. The van der Waals surface area contributed by atoms with Crippen molar-refractivity contribution in [2.45, 2.75) is 52.4 Å². The van der Waals surface area contributed by atoms with Crippen LogP contribution in [0.4, 0.5) is 0 Å². The Morgan fingerprint density at radius 3 is 1.39 bits per heavy atom. The monoisotopic (exact) mass is 460 g/mol. The molecule has 0 aliphatic carbocycles. The highest BCUT2D eigenvalue weighted by Gasteiger charge is 2.40. The summed E-state index contributed by atoms with van der Waals surface area (Å²) < 4.78 is 25.1. The van der Waals surface area contributed by atoms with Crippen LogP contribution >= 0.6 is 7.82 Å². The van der Waals surface area contributed by atoms with Gasteiger partial charge in [0.05, 0.1) is 0 Å². The normalized spacial score (nSPS) is 15.4. The van der Waals surface area contributed by atoms with Crippen LogP contribution in [-0.2, 0) is 15.4 Å². The zero-order chi connectivity index (χ0) is 23.8. The fraction of sp³-hybridized carbons (Fsp3) is 0.286. The van der Waals surface area contributed by atoms with E-state index in [2.05, 4.69) is 65.8 Å². The lowest BCUT2D eigenvalue weighted by Crippen LogP contribution is -2.14. The molecule has 4 aromatic rings. The molecule has 0 atom stereocenters. The van der Waals surface area contributed by atoms with E-state index >= 15 is 0 Å². The van der Waals surface area contributed by atoms with Gasteiger partial charge in [-0.1, -0.05) is 90.1 Å². The summed E-state index contributed by atoms with van der Waals surface area (Å²) in [4.78, 5) is 10.9. The summed E-state index contributed by atoms with van der Waals surface area (Å²) >= 11 is 0. The first-order chi connectivity index (χ1) is 15.4. The number of fused-ring (bicyclic) bond motifs is 7. The average molecular weight is 461 g/mol. The van der Waals surface area contributed by atoms with Crippen molar-refractivity contribution in [2.75, 3.05) is 0 Å². The van der Waals surface area contributed by atoms with Crippen LogP contribution in [0.1, 0.15) is 52.7 Å². The second-order valence-electron chi connectivity index (χ2n) is 10.8. The summed E-state index contributed by atoms with van der Waals surface area (Å²) in [6, 6.07) is 20.4. The van der Waals surface area contributed by atoms with E-state index in [9.17, 15) is 9.46 Å². The SMILES string of the molecule is CC(C)(C)c1cc2ccccc2c2c1OP(=O)(O)Oc1c(C(C)(C)C)cc3ccccc3c1-2. The lowest BCUT2D eigenvalue weighted by atomic mass is 9.79. The molecule has 33 heavy (non-hydrogen) atoms. The lowest BCUT2D eigenvalue weighted by Gasteiger charge is -2.26. The summed E-state index contributed by atoms with van der Waals surface area (Å²) in [6.45, 7) is 12.5. The highest BCUT2D eigenvalue weighted by Crippen LogP contribution is 2.60. The van der Waals surface area contributed by atoms with Crippen molar-refractivity contribution >= 4 is 29.4 Å². The van der Waals surface area contributed by atoms with Crippen molar-refractivity contribution in [3.05, 3.63) is 71.8 Å². The minimum Gasteiger partial charge on any atom is -0.394 e. The molecule has 0 spiro atoms. The largest absolute Gasteiger partial charge is 0.584 e. The second-order valence-corrected chi connectivity index (χ2v) is 12.2. The fourth-order valence-electron chi connectivity index (χ4n) is 4.71. The molecule has 1 heterocycles. The molecule has 0 amide bonds. The van der Waals surface area contributed by atoms with Crippen LogP contribution in [0.15, 0.2) is 60.7 Å². The Hall–Kier alpha value is -2.81. The van der Waals surface area contributed by atoms with E-state index in [0.717, 1.165) is 43.8 Å². The maximum Gasteiger partial charge on any atom is 0.584 e. The Morgan fingerprint density at radius 2 is 1.03 bits per heavy atom. The number of benzene rings is 4. The molecule has 1 aliphatic rings. The van der Waals surface area contributed by atoms with Gasteiger partial charge in [0.1, 0.15) is 11.5 Å². The molecule has 0 fully saturated rings. The van der Waals surface area contributed by atoms with Crippen LogP contribution in [0.25, 0.3) is 32.7 Å². The van der Waals surface area contributed by atoms with Gasteiger partial charge in [-0.25, -0.2) is 4.57 Å². The van der Waals surface area contributed by atoms with Gasteiger partial charge in [0, 0.05) is 22.3 Å². The molecule has 1 aliphatic heterocycles. The molecule has 4 aromatic carbocycles. The smallest absolute Gasteiger partial charge is 0.394 e. The highest BCUT2D eigenvalue weighted by molar-refractivity contribution is 7.48. The van der Waals surface area contributed by atoms with E-state index in [1.54, 1.807) is 0 Å². The lowest BCUT2D eigenvalue weighted by molar-refractivity contribution is 0.290. The van der Waals surface area contributed by atoms with Gasteiger partial charge in [-0.3, -0.25) is 4.89 Å². The number of hydrogen-bond acceptors (Lipinski definition) is 3.